The second-order valence-corrected chi connectivity index (χ2v) is 3.65. The van der Waals surface area contributed by atoms with Crippen molar-refractivity contribution < 1.29 is 4.79 Å². The highest BCUT2D eigenvalue weighted by atomic mass is 35.5. The van der Waals surface area contributed by atoms with E-state index in [2.05, 4.69) is 15.3 Å². The van der Waals surface area contributed by atoms with Crippen LogP contribution in [-0.2, 0) is 6.54 Å². The number of amides is 1. The smallest absolute Gasteiger partial charge is 0.251 e. The van der Waals surface area contributed by atoms with Crippen LogP contribution < -0.4 is 5.32 Å². The maximum atomic E-state index is 11.6. The lowest BCUT2D eigenvalue weighted by atomic mass is 10.2. The Balaban J connectivity index is 0.00000162. The van der Waals surface area contributed by atoms with Crippen molar-refractivity contribution in [3.8, 4) is 0 Å². The lowest BCUT2D eigenvalue weighted by molar-refractivity contribution is 0.0952. The lowest BCUT2D eigenvalue weighted by Gasteiger charge is -2.05. The molecule has 2 rings (SSSR count). The summed E-state index contributed by atoms with van der Waals surface area (Å²) in [5.74, 6) is -0.0574. The van der Waals surface area contributed by atoms with Gasteiger partial charge in [0, 0.05) is 43.4 Å². The number of aromatic nitrogens is 3. The summed E-state index contributed by atoms with van der Waals surface area (Å²) >= 11 is 0. The zero-order valence-corrected chi connectivity index (χ0v) is 11.9. The summed E-state index contributed by atoms with van der Waals surface area (Å²) in [6, 6.07) is 3.40. The van der Waals surface area contributed by atoms with E-state index in [1.807, 2.05) is 10.8 Å². The second-order valence-electron chi connectivity index (χ2n) is 3.65. The molecule has 104 valence electrons. The number of aryl methyl sites for hydroxylation is 1. The number of hydrogen-bond donors (Lipinski definition) is 1. The normalized spacial score (nSPS) is 9.05. The van der Waals surface area contributed by atoms with Crippen molar-refractivity contribution in [2.75, 3.05) is 6.54 Å². The molecule has 0 fully saturated rings. The van der Waals surface area contributed by atoms with Gasteiger partial charge in [0.25, 0.3) is 5.91 Å². The molecule has 1 amide bonds. The first-order valence-corrected chi connectivity index (χ1v) is 5.50. The number of carbonyl (C=O) groups excluding carboxylic acids is 1. The molecule has 0 radical (unpaired) electrons. The molecule has 5 nitrogen and oxygen atoms in total. The van der Waals surface area contributed by atoms with E-state index in [-0.39, 0.29) is 30.7 Å². The molecule has 0 aliphatic carbocycles. The topological polar surface area (TPSA) is 59.8 Å². The number of hydrogen-bond acceptors (Lipinski definition) is 3. The van der Waals surface area contributed by atoms with Crippen LogP contribution in [0.5, 0.6) is 0 Å². The van der Waals surface area contributed by atoms with Crippen molar-refractivity contribution in [1.29, 1.82) is 0 Å². The average Bonchev–Trinajstić information content (AvgIpc) is 2.88. The highest BCUT2D eigenvalue weighted by Gasteiger charge is 2.02. The van der Waals surface area contributed by atoms with Gasteiger partial charge in [-0.1, -0.05) is 0 Å². The van der Waals surface area contributed by atoms with E-state index in [1.165, 1.54) is 0 Å². The minimum absolute atomic E-state index is 0. The maximum absolute atomic E-state index is 11.6. The molecule has 0 bridgehead atoms. The second kappa shape index (κ2) is 9.35. The molecular formula is C12H16Cl2N4O. The average molecular weight is 303 g/mol. The van der Waals surface area contributed by atoms with Crippen molar-refractivity contribution in [3.05, 3.63) is 48.8 Å². The standard InChI is InChI=1S/C12H14N4O.2ClH/c17-12(11-2-5-13-6-3-11)15-4-1-8-16-9-7-14-10-16;;/h2-3,5-7,9-10H,1,4,8H2,(H,15,17);2*1H. The molecule has 0 unspecified atom stereocenters. The number of nitrogens with zero attached hydrogens (tertiary/aromatic N) is 3. The van der Waals surface area contributed by atoms with Gasteiger partial charge in [-0.3, -0.25) is 9.78 Å². The SMILES string of the molecule is Cl.Cl.O=C(NCCCn1ccnc1)c1ccncc1. The van der Waals surface area contributed by atoms with Crippen molar-refractivity contribution >= 4 is 30.7 Å². The molecule has 19 heavy (non-hydrogen) atoms. The van der Waals surface area contributed by atoms with Crippen molar-refractivity contribution in [3.63, 3.8) is 0 Å². The molecule has 0 aliphatic heterocycles. The van der Waals surface area contributed by atoms with E-state index >= 15 is 0 Å². The predicted octanol–water partition coefficient (Wildman–Crippen LogP) is 1.94. The Morgan fingerprint density at radius 2 is 1.89 bits per heavy atom. The van der Waals surface area contributed by atoms with Crippen LogP contribution in [-0.4, -0.2) is 27.0 Å². The van der Waals surface area contributed by atoms with Gasteiger partial charge in [-0.2, -0.15) is 0 Å². The van der Waals surface area contributed by atoms with Crippen LogP contribution >= 0.6 is 24.8 Å². The fraction of sp³-hybridized carbons (Fsp3) is 0.250. The van der Waals surface area contributed by atoms with Crippen LogP contribution in [0.1, 0.15) is 16.8 Å². The first-order valence-electron chi connectivity index (χ1n) is 5.50. The number of rotatable bonds is 5. The summed E-state index contributed by atoms with van der Waals surface area (Å²) in [4.78, 5) is 19.5. The van der Waals surface area contributed by atoms with Crippen LogP contribution in [0, 0.1) is 0 Å². The minimum Gasteiger partial charge on any atom is -0.352 e. The molecule has 2 heterocycles. The van der Waals surface area contributed by atoms with Crippen molar-refractivity contribution in [1.82, 2.24) is 19.9 Å². The van der Waals surface area contributed by atoms with Crippen LogP contribution in [0.3, 0.4) is 0 Å². The third-order valence-electron chi connectivity index (χ3n) is 2.38. The quantitative estimate of drug-likeness (QED) is 0.859. The largest absolute Gasteiger partial charge is 0.352 e. The Morgan fingerprint density at radius 1 is 1.16 bits per heavy atom. The van der Waals surface area contributed by atoms with Gasteiger partial charge < -0.3 is 9.88 Å². The minimum atomic E-state index is -0.0574. The van der Waals surface area contributed by atoms with Crippen LogP contribution in [0.25, 0.3) is 0 Å². The van der Waals surface area contributed by atoms with Gasteiger partial charge in [-0.15, -0.1) is 24.8 Å². The Morgan fingerprint density at radius 3 is 2.53 bits per heavy atom. The van der Waals surface area contributed by atoms with Crippen molar-refractivity contribution in [2.24, 2.45) is 0 Å². The monoisotopic (exact) mass is 302 g/mol. The van der Waals surface area contributed by atoms with Gasteiger partial charge in [0.1, 0.15) is 0 Å². The number of nitrogens with one attached hydrogen (secondary N) is 1. The molecule has 0 aromatic carbocycles. The summed E-state index contributed by atoms with van der Waals surface area (Å²) < 4.78 is 1.98. The summed E-state index contributed by atoms with van der Waals surface area (Å²) in [6.45, 7) is 1.51. The van der Waals surface area contributed by atoms with Gasteiger partial charge in [0.15, 0.2) is 0 Å². The van der Waals surface area contributed by atoms with Crippen LogP contribution in [0.2, 0.25) is 0 Å². The van der Waals surface area contributed by atoms with Gasteiger partial charge in [0.05, 0.1) is 6.33 Å². The number of halogens is 2. The Bertz CT molecular complexity index is 462. The highest BCUT2D eigenvalue weighted by Crippen LogP contribution is 1.96. The van der Waals surface area contributed by atoms with Crippen LogP contribution in [0.15, 0.2) is 43.2 Å². The van der Waals surface area contributed by atoms with Gasteiger partial charge in [0.2, 0.25) is 0 Å². The first-order chi connectivity index (χ1) is 8.36. The molecule has 1 N–H and O–H groups in total. The summed E-state index contributed by atoms with van der Waals surface area (Å²) in [7, 11) is 0. The summed E-state index contributed by atoms with van der Waals surface area (Å²) in [5.41, 5.74) is 0.641. The van der Waals surface area contributed by atoms with E-state index in [0.717, 1.165) is 13.0 Å². The number of pyridine rings is 1. The lowest BCUT2D eigenvalue weighted by Crippen LogP contribution is -2.25. The highest BCUT2D eigenvalue weighted by molar-refractivity contribution is 5.93. The molecule has 0 saturated heterocycles. The van der Waals surface area contributed by atoms with Gasteiger partial charge in [-0.25, -0.2) is 4.98 Å². The molecule has 2 aromatic rings. The van der Waals surface area contributed by atoms with Gasteiger partial charge in [-0.05, 0) is 18.6 Å². The first kappa shape index (κ1) is 17.4. The van der Waals surface area contributed by atoms with E-state index in [1.54, 1.807) is 37.1 Å². The van der Waals surface area contributed by atoms with Crippen LogP contribution in [0.4, 0.5) is 0 Å². The van der Waals surface area contributed by atoms with Gasteiger partial charge >= 0.3 is 0 Å². The molecule has 0 aliphatic rings. The Kier molecular flexibility index (Phi) is 8.57. The third kappa shape index (κ3) is 5.72. The number of carbonyl (C=O) groups is 1. The molecule has 0 saturated carbocycles. The fourth-order valence-electron chi connectivity index (χ4n) is 1.49. The molecule has 2 aromatic heterocycles. The number of imidazole rings is 1. The molecule has 0 spiro atoms. The zero-order valence-electron chi connectivity index (χ0n) is 10.2. The van der Waals surface area contributed by atoms with E-state index in [9.17, 15) is 4.79 Å². The van der Waals surface area contributed by atoms with Crippen molar-refractivity contribution in [2.45, 2.75) is 13.0 Å². The molecular weight excluding hydrogens is 287 g/mol. The predicted molar refractivity (Wildman–Crippen MR) is 77.9 cm³/mol. The Hall–Kier alpha value is -1.59. The summed E-state index contributed by atoms with van der Waals surface area (Å²) in [5, 5.41) is 2.86. The van der Waals surface area contributed by atoms with E-state index in [0.29, 0.717) is 12.1 Å². The summed E-state index contributed by atoms with van der Waals surface area (Å²) in [6.07, 6.45) is 9.53. The van der Waals surface area contributed by atoms with E-state index in [4.69, 9.17) is 0 Å². The fourth-order valence-corrected chi connectivity index (χ4v) is 1.49. The Labute approximate surface area is 124 Å². The maximum Gasteiger partial charge on any atom is 0.251 e. The molecule has 0 atom stereocenters. The zero-order chi connectivity index (χ0) is 11.9. The third-order valence-corrected chi connectivity index (χ3v) is 2.38. The van der Waals surface area contributed by atoms with E-state index < -0.39 is 0 Å². The molecule has 7 heteroatoms.